The number of hydrogen-bond donors (Lipinski definition) is 1. The van der Waals surface area contributed by atoms with Crippen molar-refractivity contribution in [3.63, 3.8) is 0 Å². The summed E-state index contributed by atoms with van der Waals surface area (Å²) in [6, 6.07) is 9.00. The molecule has 0 radical (unpaired) electrons. The maximum atomic E-state index is 13.4. The smallest absolute Gasteiger partial charge is 0.243 e. The van der Waals surface area contributed by atoms with Crippen LogP contribution in [-0.2, 0) is 19.6 Å². The Bertz CT molecular complexity index is 1140. The number of hydrogen-bond acceptors (Lipinski definition) is 4. The van der Waals surface area contributed by atoms with Gasteiger partial charge in [-0.3, -0.25) is 9.59 Å². The zero-order valence-electron chi connectivity index (χ0n) is 18.8. The van der Waals surface area contributed by atoms with Gasteiger partial charge in [-0.1, -0.05) is 29.8 Å². The second kappa shape index (κ2) is 10.2. The lowest BCUT2D eigenvalue weighted by Gasteiger charge is -2.32. The lowest BCUT2D eigenvalue weighted by molar-refractivity contribution is -0.138. The molecule has 0 aromatic heterocycles. The number of halogens is 2. The number of rotatable bonds is 6. The topological polar surface area (TPSA) is 86.8 Å². The summed E-state index contributed by atoms with van der Waals surface area (Å²) in [7, 11) is -2.27. The molecule has 1 N–H and O–H groups in total. The molecule has 1 fully saturated rings. The number of likely N-dealkylation sites (N-methyl/N-ethyl adjacent to an activating group) is 1. The molecule has 1 aliphatic heterocycles. The first-order chi connectivity index (χ1) is 15.5. The number of anilines is 1. The summed E-state index contributed by atoms with van der Waals surface area (Å²) in [5, 5.41) is 2.60. The van der Waals surface area contributed by atoms with Gasteiger partial charge in [-0.05, 0) is 56.0 Å². The van der Waals surface area contributed by atoms with Crippen LogP contribution >= 0.6 is 11.6 Å². The number of nitrogens with one attached hydrogen (secondary N) is 1. The van der Waals surface area contributed by atoms with Crippen LogP contribution in [0.5, 0.6) is 0 Å². The molecule has 178 valence electrons. The molecule has 1 saturated heterocycles. The van der Waals surface area contributed by atoms with Gasteiger partial charge in [0.2, 0.25) is 21.8 Å². The van der Waals surface area contributed by atoms with Crippen LogP contribution in [0, 0.1) is 25.6 Å². The molecular formula is C23H27ClFN3O4S. The average molecular weight is 496 g/mol. The van der Waals surface area contributed by atoms with Crippen LogP contribution in [0.3, 0.4) is 0 Å². The normalized spacial score (nSPS) is 15.3. The number of piperidine rings is 1. The fourth-order valence-electron chi connectivity index (χ4n) is 3.93. The Balaban J connectivity index is 1.57. The molecule has 10 heteroatoms. The van der Waals surface area contributed by atoms with Crippen molar-refractivity contribution in [3.8, 4) is 0 Å². The number of benzene rings is 2. The highest BCUT2D eigenvalue weighted by Crippen LogP contribution is 2.27. The van der Waals surface area contributed by atoms with Crippen LogP contribution in [-0.4, -0.2) is 56.1 Å². The van der Waals surface area contributed by atoms with E-state index in [2.05, 4.69) is 5.32 Å². The molecule has 1 heterocycles. The third-order valence-corrected chi connectivity index (χ3v) is 8.02. The number of nitrogens with zero attached hydrogens (tertiary/aromatic N) is 2. The number of carbonyl (C=O) groups is 2. The first-order valence-corrected chi connectivity index (χ1v) is 12.4. The molecule has 0 saturated carbocycles. The zero-order chi connectivity index (χ0) is 24.3. The summed E-state index contributed by atoms with van der Waals surface area (Å²) < 4.78 is 40.3. The van der Waals surface area contributed by atoms with Crippen molar-refractivity contribution >= 4 is 39.1 Å². The third-order valence-electron chi connectivity index (χ3n) is 5.83. The Morgan fingerprint density at radius 3 is 2.33 bits per heavy atom. The van der Waals surface area contributed by atoms with E-state index in [-0.39, 0.29) is 47.3 Å². The second-order valence-corrected chi connectivity index (χ2v) is 10.6. The molecular weight excluding hydrogens is 469 g/mol. The van der Waals surface area contributed by atoms with Gasteiger partial charge in [0.1, 0.15) is 5.82 Å². The summed E-state index contributed by atoms with van der Waals surface area (Å²) in [5.74, 6) is -1.57. The van der Waals surface area contributed by atoms with Crippen molar-refractivity contribution in [3.05, 3.63) is 58.4 Å². The average Bonchev–Trinajstić information content (AvgIpc) is 2.77. The van der Waals surface area contributed by atoms with Crippen molar-refractivity contribution in [2.75, 3.05) is 32.0 Å². The summed E-state index contributed by atoms with van der Waals surface area (Å²) in [4.78, 5) is 26.6. The molecule has 33 heavy (non-hydrogen) atoms. The molecule has 2 aromatic carbocycles. The van der Waals surface area contributed by atoms with Crippen LogP contribution in [0.25, 0.3) is 0 Å². The summed E-state index contributed by atoms with van der Waals surface area (Å²) in [5.41, 5.74) is 2.62. The lowest BCUT2D eigenvalue weighted by atomic mass is 9.96. The largest absolute Gasteiger partial charge is 0.336 e. The van der Waals surface area contributed by atoms with E-state index in [0.717, 1.165) is 28.9 Å². The van der Waals surface area contributed by atoms with Crippen molar-refractivity contribution in [1.82, 2.24) is 9.21 Å². The number of para-hydroxylation sites is 1. The Morgan fingerprint density at radius 2 is 1.76 bits per heavy atom. The van der Waals surface area contributed by atoms with Crippen molar-refractivity contribution < 1.29 is 22.4 Å². The number of aryl methyl sites for hydroxylation is 2. The minimum absolute atomic E-state index is 0.0843. The van der Waals surface area contributed by atoms with Gasteiger partial charge in [0, 0.05) is 31.7 Å². The van der Waals surface area contributed by atoms with Gasteiger partial charge in [0.05, 0.1) is 16.5 Å². The van der Waals surface area contributed by atoms with E-state index in [0.29, 0.717) is 12.8 Å². The highest BCUT2D eigenvalue weighted by atomic mass is 35.5. The van der Waals surface area contributed by atoms with Gasteiger partial charge in [-0.15, -0.1) is 0 Å². The fourth-order valence-corrected chi connectivity index (χ4v) is 5.67. The maximum Gasteiger partial charge on any atom is 0.243 e. The van der Waals surface area contributed by atoms with E-state index in [4.69, 9.17) is 11.6 Å². The van der Waals surface area contributed by atoms with Crippen molar-refractivity contribution in [2.45, 2.75) is 31.6 Å². The van der Waals surface area contributed by atoms with Crippen LogP contribution in [0.1, 0.15) is 24.0 Å². The van der Waals surface area contributed by atoms with E-state index in [9.17, 15) is 22.4 Å². The van der Waals surface area contributed by atoms with Crippen molar-refractivity contribution in [2.24, 2.45) is 5.92 Å². The minimum Gasteiger partial charge on any atom is -0.336 e. The van der Waals surface area contributed by atoms with Gasteiger partial charge in [-0.2, -0.15) is 4.31 Å². The molecule has 0 atom stereocenters. The predicted molar refractivity (Wildman–Crippen MR) is 125 cm³/mol. The lowest BCUT2D eigenvalue weighted by Crippen LogP contribution is -2.45. The quantitative estimate of drug-likeness (QED) is 0.663. The molecule has 0 spiro atoms. The monoisotopic (exact) mass is 495 g/mol. The molecule has 0 unspecified atom stereocenters. The van der Waals surface area contributed by atoms with Crippen LogP contribution in [0.2, 0.25) is 5.02 Å². The van der Waals surface area contributed by atoms with E-state index in [1.165, 1.54) is 15.3 Å². The molecule has 3 rings (SSSR count). The number of amides is 2. The summed E-state index contributed by atoms with van der Waals surface area (Å²) in [6.45, 7) is 4.00. The third kappa shape index (κ3) is 5.72. The van der Waals surface area contributed by atoms with Gasteiger partial charge in [-0.25, -0.2) is 12.8 Å². The van der Waals surface area contributed by atoms with Gasteiger partial charge in [0.25, 0.3) is 0 Å². The van der Waals surface area contributed by atoms with Crippen LogP contribution in [0.4, 0.5) is 10.1 Å². The Labute approximate surface area is 198 Å². The molecule has 2 amide bonds. The first kappa shape index (κ1) is 25.1. The SMILES string of the molecule is Cc1cccc(C)c1NC(=O)CN(C)C(=O)C1CCN(S(=O)(=O)c2ccc(F)c(Cl)c2)CC1. The predicted octanol–water partition coefficient (Wildman–Crippen LogP) is 3.59. The molecule has 1 aliphatic rings. The maximum absolute atomic E-state index is 13.4. The minimum atomic E-state index is -3.84. The van der Waals surface area contributed by atoms with E-state index in [1.807, 2.05) is 32.0 Å². The molecule has 0 aliphatic carbocycles. The number of carbonyl (C=O) groups excluding carboxylic acids is 2. The molecule has 2 aromatic rings. The zero-order valence-corrected chi connectivity index (χ0v) is 20.3. The Morgan fingerprint density at radius 1 is 1.15 bits per heavy atom. The standard InChI is InChI=1S/C23H27ClFN3O4S/c1-15-5-4-6-16(2)22(15)26-21(29)14-27(3)23(30)17-9-11-28(12-10-17)33(31,32)18-7-8-20(25)19(24)13-18/h4-8,13,17H,9-12,14H2,1-3H3,(H,26,29). The van der Waals surface area contributed by atoms with Gasteiger partial charge >= 0.3 is 0 Å². The molecule has 7 nitrogen and oxygen atoms in total. The Hall–Kier alpha value is -2.49. The number of sulfonamides is 1. The Kier molecular flexibility index (Phi) is 7.76. The highest BCUT2D eigenvalue weighted by Gasteiger charge is 2.33. The van der Waals surface area contributed by atoms with Gasteiger partial charge in [0.15, 0.2) is 0 Å². The van der Waals surface area contributed by atoms with E-state index < -0.39 is 15.8 Å². The second-order valence-electron chi connectivity index (χ2n) is 8.26. The van der Waals surface area contributed by atoms with Crippen LogP contribution < -0.4 is 5.32 Å². The summed E-state index contributed by atoms with van der Waals surface area (Å²) >= 11 is 5.73. The van der Waals surface area contributed by atoms with Crippen LogP contribution in [0.15, 0.2) is 41.3 Å². The van der Waals surface area contributed by atoms with E-state index in [1.54, 1.807) is 7.05 Å². The van der Waals surface area contributed by atoms with Crippen molar-refractivity contribution in [1.29, 1.82) is 0 Å². The first-order valence-electron chi connectivity index (χ1n) is 10.6. The highest BCUT2D eigenvalue weighted by molar-refractivity contribution is 7.89. The molecule has 0 bridgehead atoms. The van der Waals surface area contributed by atoms with E-state index >= 15 is 0 Å². The van der Waals surface area contributed by atoms with Gasteiger partial charge < -0.3 is 10.2 Å². The fraction of sp³-hybridized carbons (Fsp3) is 0.391. The summed E-state index contributed by atoms with van der Waals surface area (Å²) in [6.07, 6.45) is 0.658.